The average molecular weight is 441 g/mol. The highest BCUT2D eigenvalue weighted by Gasteiger charge is 2.41. The van der Waals surface area contributed by atoms with E-state index in [1.54, 1.807) is 16.7 Å². The molecule has 0 aliphatic carbocycles. The van der Waals surface area contributed by atoms with E-state index in [9.17, 15) is 14.4 Å². The van der Waals surface area contributed by atoms with E-state index >= 15 is 0 Å². The third kappa shape index (κ3) is 4.56. The van der Waals surface area contributed by atoms with Crippen LogP contribution in [0.2, 0.25) is 0 Å². The van der Waals surface area contributed by atoms with Crippen molar-refractivity contribution in [3.63, 3.8) is 0 Å². The lowest BCUT2D eigenvalue weighted by Crippen LogP contribution is -2.50. The molecule has 7 heteroatoms. The number of likely N-dealkylation sites (tertiary alicyclic amines) is 2. The van der Waals surface area contributed by atoms with Crippen LogP contribution < -0.4 is 0 Å². The van der Waals surface area contributed by atoms with Gasteiger partial charge in [0.2, 0.25) is 5.91 Å². The molecule has 2 aromatic carbocycles. The fourth-order valence-corrected chi connectivity index (χ4v) is 4.94. The van der Waals surface area contributed by atoms with E-state index in [-0.39, 0.29) is 29.0 Å². The highest BCUT2D eigenvalue weighted by Crippen LogP contribution is 2.28. The Hall–Kier alpha value is -2.54. The van der Waals surface area contributed by atoms with Crippen molar-refractivity contribution in [3.05, 3.63) is 48.0 Å². The molecule has 2 fully saturated rings. The number of piperidine rings is 1. The summed E-state index contributed by atoms with van der Waals surface area (Å²) >= 11 is 4.57. The number of carbonyl (C=O) groups excluding carboxylic acids is 3. The molecular formula is C24H28N2O4S. The van der Waals surface area contributed by atoms with Crippen LogP contribution >= 0.6 is 12.6 Å². The number of thiol groups is 1. The Bertz CT molecular complexity index is 986. The Morgan fingerprint density at radius 1 is 1.06 bits per heavy atom. The normalized spacial score (nSPS) is 22.0. The number of esters is 1. The highest BCUT2D eigenvalue weighted by atomic mass is 32.1. The smallest absolute Gasteiger partial charge is 0.309 e. The molecule has 4 rings (SSSR count). The second-order valence-corrected chi connectivity index (χ2v) is 9.01. The molecule has 0 aromatic heterocycles. The third-order valence-corrected chi connectivity index (χ3v) is 6.62. The quantitative estimate of drug-likeness (QED) is 0.586. The molecule has 0 unspecified atom stereocenters. The molecule has 0 saturated carbocycles. The number of nitrogens with zero attached hydrogens (tertiary/aromatic N) is 2. The van der Waals surface area contributed by atoms with Crippen LogP contribution in [0.4, 0.5) is 0 Å². The molecule has 31 heavy (non-hydrogen) atoms. The molecule has 0 spiro atoms. The Kier molecular flexibility index (Phi) is 6.51. The lowest BCUT2D eigenvalue weighted by atomic mass is 9.96. The van der Waals surface area contributed by atoms with Gasteiger partial charge in [-0.05, 0) is 49.1 Å². The summed E-state index contributed by atoms with van der Waals surface area (Å²) in [6, 6.07) is 13.0. The fourth-order valence-electron chi connectivity index (χ4n) is 4.57. The molecule has 2 saturated heterocycles. The monoisotopic (exact) mass is 440 g/mol. The Labute approximate surface area is 187 Å². The number of fused-ring (bicyclic) bond motifs is 1. The summed E-state index contributed by atoms with van der Waals surface area (Å²) in [6.07, 6.45) is 1.74. The van der Waals surface area contributed by atoms with E-state index in [0.717, 1.165) is 10.8 Å². The highest BCUT2D eigenvalue weighted by molar-refractivity contribution is 7.81. The Balaban J connectivity index is 1.46. The van der Waals surface area contributed by atoms with Crippen molar-refractivity contribution in [1.29, 1.82) is 0 Å². The topological polar surface area (TPSA) is 66.9 Å². The van der Waals surface area contributed by atoms with Gasteiger partial charge in [0, 0.05) is 30.4 Å². The molecule has 0 bridgehead atoms. The fraction of sp³-hybridized carbons (Fsp3) is 0.458. The zero-order valence-corrected chi connectivity index (χ0v) is 18.6. The summed E-state index contributed by atoms with van der Waals surface area (Å²) in [5.41, 5.74) is 0.583. The van der Waals surface area contributed by atoms with Crippen molar-refractivity contribution in [2.75, 3.05) is 26.2 Å². The van der Waals surface area contributed by atoms with Gasteiger partial charge in [-0.3, -0.25) is 14.4 Å². The average Bonchev–Trinajstić information content (AvgIpc) is 3.19. The molecular weight excluding hydrogens is 412 g/mol. The van der Waals surface area contributed by atoms with Crippen LogP contribution in [0, 0.1) is 5.92 Å². The van der Waals surface area contributed by atoms with Crippen LogP contribution in [0.3, 0.4) is 0 Å². The molecule has 0 radical (unpaired) electrons. The summed E-state index contributed by atoms with van der Waals surface area (Å²) in [6.45, 7) is 3.63. The Morgan fingerprint density at radius 2 is 1.77 bits per heavy atom. The minimum absolute atomic E-state index is 0.0320. The van der Waals surface area contributed by atoms with E-state index in [2.05, 4.69) is 12.6 Å². The number of hydrogen-bond acceptors (Lipinski definition) is 5. The number of carbonyl (C=O) groups is 3. The predicted molar refractivity (Wildman–Crippen MR) is 122 cm³/mol. The third-order valence-electron chi connectivity index (χ3n) is 6.25. The van der Waals surface area contributed by atoms with Gasteiger partial charge in [0.05, 0.1) is 12.5 Å². The van der Waals surface area contributed by atoms with Gasteiger partial charge in [-0.25, -0.2) is 0 Å². The van der Waals surface area contributed by atoms with Gasteiger partial charge in [-0.2, -0.15) is 12.6 Å². The summed E-state index contributed by atoms with van der Waals surface area (Å²) in [5, 5.41) is 2.04. The molecule has 6 nitrogen and oxygen atoms in total. The van der Waals surface area contributed by atoms with Gasteiger partial charge < -0.3 is 14.5 Å². The van der Waals surface area contributed by atoms with Crippen molar-refractivity contribution >= 4 is 41.2 Å². The van der Waals surface area contributed by atoms with Crippen molar-refractivity contribution < 1.29 is 19.1 Å². The molecule has 2 heterocycles. The number of ether oxygens (including phenoxy) is 1. The molecule has 2 aliphatic heterocycles. The van der Waals surface area contributed by atoms with Gasteiger partial charge >= 0.3 is 5.97 Å². The maximum absolute atomic E-state index is 13.3. The van der Waals surface area contributed by atoms with Crippen molar-refractivity contribution in [2.24, 2.45) is 5.92 Å². The minimum atomic E-state index is -0.513. The zero-order valence-electron chi connectivity index (χ0n) is 17.7. The number of hydrogen-bond donors (Lipinski definition) is 1. The Morgan fingerprint density at radius 3 is 2.48 bits per heavy atom. The second-order valence-electron chi connectivity index (χ2n) is 8.28. The lowest BCUT2D eigenvalue weighted by Gasteiger charge is -2.34. The van der Waals surface area contributed by atoms with Crippen LogP contribution in [0.25, 0.3) is 10.8 Å². The van der Waals surface area contributed by atoms with Crippen LogP contribution in [0.1, 0.15) is 36.5 Å². The van der Waals surface area contributed by atoms with E-state index in [1.165, 1.54) is 0 Å². The first-order valence-electron chi connectivity index (χ1n) is 10.9. The van der Waals surface area contributed by atoms with Crippen molar-refractivity contribution in [3.8, 4) is 0 Å². The van der Waals surface area contributed by atoms with Crippen LogP contribution in [0.5, 0.6) is 0 Å². The van der Waals surface area contributed by atoms with Gasteiger partial charge in [-0.15, -0.1) is 0 Å². The van der Waals surface area contributed by atoms with Gasteiger partial charge in [0.1, 0.15) is 6.04 Å². The second kappa shape index (κ2) is 9.30. The first-order chi connectivity index (χ1) is 15.0. The molecule has 2 atom stereocenters. The largest absolute Gasteiger partial charge is 0.466 e. The first-order valence-corrected chi connectivity index (χ1v) is 11.4. The van der Waals surface area contributed by atoms with Crippen LogP contribution in [-0.4, -0.2) is 65.1 Å². The summed E-state index contributed by atoms with van der Waals surface area (Å²) in [7, 11) is 0. The lowest BCUT2D eigenvalue weighted by molar-refractivity contribution is -0.151. The standard InChI is InChI=1S/C24H28N2O4S/c1-2-30-24(29)17-9-11-25(12-10-17)23(28)21-14-20(31)15-26(21)22(27)19-8-7-16-5-3-4-6-18(16)13-19/h3-8,13,17,20-21,31H,2,9-12,14-15H2,1H3/t20-,21+/m1/s1. The predicted octanol–water partition coefficient (Wildman–Crippen LogP) is 3.15. The summed E-state index contributed by atoms with van der Waals surface area (Å²) < 4.78 is 5.11. The van der Waals surface area contributed by atoms with E-state index in [4.69, 9.17) is 4.74 Å². The first kappa shape index (κ1) is 21.7. The molecule has 0 N–H and O–H groups in total. The number of amides is 2. The van der Waals surface area contributed by atoms with E-state index in [0.29, 0.717) is 51.1 Å². The SMILES string of the molecule is CCOC(=O)C1CCN(C(=O)[C@@H]2C[C@@H](S)CN2C(=O)c2ccc3ccccc3c2)CC1. The maximum atomic E-state index is 13.3. The van der Waals surface area contributed by atoms with E-state index in [1.807, 2.05) is 42.5 Å². The van der Waals surface area contributed by atoms with Crippen molar-refractivity contribution in [1.82, 2.24) is 9.80 Å². The van der Waals surface area contributed by atoms with Crippen molar-refractivity contribution in [2.45, 2.75) is 37.5 Å². The van der Waals surface area contributed by atoms with Crippen LogP contribution in [-0.2, 0) is 14.3 Å². The van der Waals surface area contributed by atoms with Gasteiger partial charge in [0.25, 0.3) is 5.91 Å². The number of benzene rings is 2. The number of rotatable bonds is 4. The summed E-state index contributed by atoms with van der Waals surface area (Å²) in [5.74, 6) is -0.519. The molecule has 2 amide bonds. The van der Waals surface area contributed by atoms with Crippen LogP contribution in [0.15, 0.2) is 42.5 Å². The minimum Gasteiger partial charge on any atom is -0.466 e. The van der Waals surface area contributed by atoms with Gasteiger partial charge in [0.15, 0.2) is 0 Å². The zero-order chi connectivity index (χ0) is 22.0. The molecule has 2 aromatic rings. The molecule has 164 valence electrons. The summed E-state index contributed by atoms with van der Waals surface area (Å²) in [4.78, 5) is 42.0. The maximum Gasteiger partial charge on any atom is 0.309 e. The molecule has 2 aliphatic rings. The van der Waals surface area contributed by atoms with Gasteiger partial charge in [-0.1, -0.05) is 30.3 Å². The van der Waals surface area contributed by atoms with E-state index < -0.39 is 6.04 Å².